The van der Waals surface area contributed by atoms with Gasteiger partial charge in [0.25, 0.3) is 0 Å². The summed E-state index contributed by atoms with van der Waals surface area (Å²) < 4.78 is 2.81. The Labute approximate surface area is 83.6 Å². The molecule has 0 unspecified atom stereocenters. The molecule has 0 atom stereocenters. The van der Waals surface area contributed by atoms with Crippen molar-refractivity contribution in [3.8, 4) is 5.69 Å². The van der Waals surface area contributed by atoms with Crippen LogP contribution in [0.5, 0.6) is 0 Å². The van der Waals surface area contributed by atoms with Gasteiger partial charge in [0.1, 0.15) is 3.70 Å². The first-order valence-corrected chi connectivity index (χ1v) is 4.56. The molecule has 0 aromatic carbocycles. The number of pyridine rings is 1. The molecule has 0 aliphatic rings. The molecule has 2 heterocycles. The second-order valence-corrected chi connectivity index (χ2v) is 3.39. The zero-order chi connectivity index (χ0) is 8.39. The summed E-state index contributed by atoms with van der Waals surface area (Å²) in [4.78, 5) is 3.93. The van der Waals surface area contributed by atoms with Crippen LogP contribution in [0.25, 0.3) is 5.69 Å². The van der Waals surface area contributed by atoms with Crippen LogP contribution in [-0.2, 0) is 0 Å². The molecule has 12 heavy (non-hydrogen) atoms. The van der Waals surface area contributed by atoms with Gasteiger partial charge in [-0.05, 0) is 40.8 Å². The Bertz CT molecular complexity index is 369. The van der Waals surface area contributed by atoms with Gasteiger partial charge >= 0.3 is 0 Å². The third-order valence-corrected chi connectivity index (χ3v) is 2.06. The van der Waals surface area contributed by atoms with Gasteiger partial charge in [-0.1, -0.05) is 0 Å². The summed E-state index contributed by atoms with van der Waals surface area (Å²) >= 11 is 2.18. The van der Waals surface area contributed by atoms with E-state index in [1.54, 1.807) is 12.4 Å². The molecular weight excluding hydrogens is 265 g/mol. The van der Waals surface area contributed by atoms with Gasteiger partial charge in [0.05, 0.1) is 5.69 Å². The van der Waals surface area contributed by atoms with Crippen molar-refractivity contribution in [3.63, 3.8) is 0 Å². The van der Waals surface area contributed by atoms with Crippen LogP contribution < -0.4 is 0 Å². The van der Waals surface area contributed by atoms with E-state index in [0.717, 1.165) is 9.39 Å². The Hall–Kier alpha value is -0.910. The third kappa shape index (κ3) is 1.47. The summed E-state index contributed by atoms with van der Waals surface area (Å²) in [5, 5.41) is 4.26. The maximum atomic E-state index is 4.26. The number of aromatic nitrogens is 3. The summed E-state index contributed by atoms with van der Waals surface area (Å²) in [6.07, 6.45) is 5.44. The quantitative estimate of drug-likeness (QED) is 0.741. The van der Waals surface area contributed by atoms with E-state index in [4.69, 9.17) is 0 Å². The molecule has 0 radical (unpaired) electrons. The minimum atomic E-state index is 0.990. The van der Waals surface area contributed by atoms with E-state index in [2.05, 4.69) is 32.7 Å². The van der Waals surface area contributed by atoms with Crippen molar-refractivity contribution >= 4 is 22.6 Å². The van der Waals surface area contributed by atoms with Gasteiger partial charge in [-0.15, -0.1) is 0 Å². The average molecular weight is 271 g/mol. The number of halogens is 1. The molecule has 0 saturated carbocycles. The van der Waals surface area contributed by atoms with Gasteiger partial charge < -0.3 is 0 Å². The lowest BCUT2D eigenvalue weighted by molar-refractivity contribution is 0.866. The van der Waals surface area contributed by atoms with Crippen LogP contribution in [-0.4, -0.2) is 14.8 Å². The lowest BCUT2D eigenvalue weighted by atomic mass is 10.4. The van der Waals surface area contributed by atoms with Crippen LogP contribution in [0.4, 0.5) is 0 Å². The molecule has 60 valence electrons. The minimum absolute atomic E-state index is 0.990. The van der Waals surface area contributed by atoms with Crippen LogP contribution >= 0.6 is 22.6 Å². The van der Waals surface area contributed by atoms with E-state index in [1.165, 1.54) is 0 Å². The fourth-order valence-electron chi connectivity index (χ4n) is 0.942. The predicted molar refractivity (Wildman–Crippen MR) is 54.1 cm³/mol. The molecule has 2 aromatic rings. The normalized spacial score (nSPS) is 10.1. The summed E-state index contributed by atoms with van der Waals surface area (Å²) in [6, 6.07) is 5.80. The van der Waals surface area contributed by atoms with Crippen LogP contribution in [0.1, 0.15) is 0 Å². The topological polar surface area (TPSA) is 30.7 Å². The van der Waals surface area contributed by atoms with Crippen molar-refractivity contribution in [2.75, 3.05) is 0 Å². The number of hydrogen-bond donors (Lipinski definition) is 0. The van der Waals surface area contributed by atoms with E-state index in [-0.39, 0.29) is 0 Å². The summed E-state index contributed by atoms with van der Waals surface area (Å²) in [5.74, 6) is 0. The van der Waals surface area contributed by atoms with E-state index >= 15 is 0 Å². The zero-order valence-corrected chi connectivity index (χ0v) is 8.34. The molecule has 0 amide bonds. The highest BCUT2D eigenvalue weighted by Crippen LogP contribution is 2.06. The Morgan fingerprint density at radius 2 is 1.92 bits per heavy atom. The molecule has 0 aliphatic heterocycles. The smallest absolute Gasteiger partial charge is 0.123 e. The molecule has 0 fully saturated rings. The summed E-state index contributed by atoms with van der Waals surface area (Å²) in [5.41, 5.74) is 1.04. The Balaban J connectivity index is 2.45. The number of nitrogens with zero attached hydrogens (tertiary/aromatic N) is 3. The molecule has 0 N–H and O–H groups in total. The van der Waals surface area contributed by atoms with Crippen molar-refractivity contribution in [1.29, 1.82) is 0 Å². The van der Waals surface area contributed by atoms with Crippen molar-refractivity contribution in [3.05, 3.63) is 40.5 Å². The van der Waals surface area contributed by atoms with Crippen molar-refractivity contribution in [2.45, 2.75) is 0 Å². The molecule has 2 rings (SSSR count). The Morgan fingerprint density at radius 3 is 2.50 bits per heavy atom. The molecule has 0 bridgehead atoms. The van der Waals surface area contributed by atoms with Crippen molar-refractivity contribution in [1.82, 2.24) is 14.8 Å². The van der Waals surface area contributed by atoms with E-state index in [1.807, 2.05) is 29.1 Å². The van der Waals surface area contributed by atoms with Gasteiger partial charge in [0.15, 0.2) is 0 Å². The van der Waals surface area contributed by atoms with Crippen molar-refractivity contribution < 1.29 is 0 Å². The average Bonchev–Trinajstić information content (AvgIpc) is 2.54. The largest absolute Gasteiger partial charge is 0.265 e. The second kappa shape index (κ2) is 3.22. The first kappa shape index (κ1) is 7.72. The van der Waals surface area contributed by atoms with Crippen LogP contribution in [0.3, 0.4) is 0 Å². The lowest BCUT2D eigenvalue weighted by Crippen LogP contribution is -1.94. The molecule has 3 nitrogen and oxygen atoms in total. The summed E-state index contributed by atoms with van der Waals surface area (Å²) in [6.45, 7) is 0. The first-order chi connectivity index (χ1) is 5.86. The fraction of sp³-hybridized carbons (Fsp3) is 0. The standard InChI is InChI=1S/C8H6IN3/c9-8-3-6-12(11-8)7-1-4-10-5-2-7/h1-6H. The molecule has 0 saturated heterocycles. The van der Waals surface area contributed by atoms with E-state index < -0.39 is 0 Å². The molecular formula is C8H6IN3. The second-order valence-electron chi connectivity index (χ2n) is 2.29. The molecule has 4 heteroatoms. The van der Waals surface area contributed by atoms with Crippen LogP contribution in [0.2, 0.25) is 0 Å². The van der Waals surface area contributed by atoms with Gasteiger partial charge in [0, 0.05) is 18.6 Å². The SMILES string of the molecule is Ic1ccn(-c2ccncc2)n1. The number of hydrogen-bond acceptors (Lipinski definition) is 2. The molecule has 2 aromatic heterocycles. The Kier molecular flexibility index (Phi) is 2.07. The van der Waals surface area contributed by atoms with E-state index in [9.17, 15) is 0 Å². The summed E-state index contributed by atoms with van der Waals surface area (Å²) in [7, 11) is 0. The van der Waals surface area contributed by atoms with Gasteiger partial charge in [-0.3, -0.25) is 4.98 Å². The van der Waals surface area contributed by atoms with Crippen LogP contribution in [0, 0.1) is 3.70 Å². The maximum absolute atomic E-state index is 4.26. The van der Waals surface area contributed by atoms with E-state index in [0.29, 0.717) is 0 Å². The first-order valence-electron chi connectivity index (χ1n) is 3.48. The third-order valence-electron chi connectivity index (χ3n) is 1.48. The van der Waals surface area contributed by atoms with Crippen LogP contribution in [0.15, 0.2) is 36.8 Å². The highest BCUT2D eigenvalue weighted by Gasteiger charge is 1.95. The highest BCUT2D eigenvalue weighted by atomic mass is 127. The minimum Gasteiger partial charge on any atom is -0.265 e. The van der Waals surface area contributed by atoms with Gasteiger partial charge in [-0.25, -0.2) is 4.68 Å². The maximum Gasteiger partial charge on any atom is 0.123 e. The monoisotopic (exact) mass is 271 g/mol. The molecule has 0 aliphatic carbocycles. The zero-order valence-electron chi connectivity index (χ0n) is 6.18. The number of rotatable bonds is 1. The fourth-order valence-corrected chi connectivity index (χ4v) is 1.34. The highest BCUT2D eigenvalue weighted by molar-refractivity contribution is 14.1. The lowest BCUT2D eigenvalue weighted by Gasteiger charge is -1.97. The van der Waals surface area contributed by atoms with Crippen molar-refractivity contribution in [2.24, 2.45) is 0 Å². The van der Waals surface area contributed by atoms with Gasteiger partial charge in [-0.2, -0.15) is 5.10 Å². The predicted octanol–water partition coefficient (Wildman–Crippen LogP) is 1.87. The van der Waals surface area contributed by atoms with Gasteiger partial charge in [0.2, 0.25) is 0 Å². The Morgan fingerprint density at radius 1 is 1.17 bits per heavy atom. The molecule has 0 spiro atoms.